The van der Waals surface area contributed by atoms with Gasteiger partial charge in [0.15, 0.2) is 5.82 Å². The van der Waals surface area contributed by atoms with Crippen molar-refractivity contribution < 1.29 is 13.2 Å². The van der Waals surface area contributed by atoms with Crippen molar-refractivity contribution in [3.63, 3.8) is 0 Å². The molecule has 0 radical (unpaired) electrons. The molecule has 0 saturated heterocycles. The highest BCUT2D eigenvalue weighted by atomic mass is 32.2. The van der Waals surface area contributed by atoms with Gasteiger partial charge in [0.1, 0.15) is 5.82 Å². The third kappa shape index (κ3) is 3.84. The third-order valence-corrected chi connectivity index (χ3v) is 7.66. The van der Waals surface area contributed by atoms with Crippen LogP contribution in [0.5, 0.6) is 0 Å². The Hall–Kier alpha value is -3.98. The summed E-state index contributed by atoms with van der Waals surface area (Å²) in [5.41, 5.74) is 2.61. The number of benzene rings is 2. The van der Waals surface area contributed by atoms with Crippen molar-refractivity contribution in [3.8, 4) is 5.82 Å². The summed E-state index contributed by atoms with van der Waals surface area (Å²) in [7, 11) is -3.85. The second-order valence-electron chi connectivity index (χ2n) is 8.24. The number of sulfonamides is 1. The minimum Gasteiger partial charge on any atom is -0.306 e. The lowest BCUT2D eigenvalue weighted by atomic mass is 10.1. The number of hydrogen-bond acceptors (Lipinski definition) is 5. The third-order valence-electron chi connectivity index (χ3n) is 5.74. The number of aryl methyl sites for hydroxylation is 1. The zero-order chi connectivity index (χ0) is 23.9. The summed E-state index contributed by atoms with van der Waals surface area (Å²) in [6, 6.07) is 20.5. The predicted molar refractivity (Wildman–Crippen MR) is 130 cm³/mol. The Bertz CT molecular complexity index is 1480. The van der Waals surface area contributed by atoms with Gasteiger partial charge < -0.3 is 5.32 Å². The number of rotatable bonds is 5. The molecule has 1 aliphatic rings. The van der Waals surface area contributed by atoms with E-state index in [4.69, 9.17) is 0 Å². The van der Waals surface area contributed by atoms with E-state index in [1.165, 1.54) is 21.1 Å². The Morgan fingerprint density at radius 1 is 1.03 bits per heavy atom. The molecule has 34 heavy (non-hydrogen) atoms. The van der Waals surface area contributed by atoms with E-state index in [2.05, 4.69) is 15.4 Å². The molecule has 0 saturated carbocycles. The van der Waals surface area contributed by atoms with Crippen LogP contribution in [-0.2, 0) is 16.4 Å². The van der Waals surface area contributed by atoms with Crippen LogP contribution in [-0.4, -0.2) is 35.1 Å². The molecular weight excluding hydrogens is 450 g/mol. The lowest BCUT2D eigenvalue weighted by Gasteiger charge is -2.24. The minimum absolute atomic E-state index is 0.0677. The van der Waals surface area contributed by atoms with E-state index in [0.29, 0.717) is 29.4 Å². The Morgan fingerprint density at radius 2 is 1.82 bits per heavy atom. The molecule has 9 heteroatoms. The van der Waals surface area contributed by atoms with Crippen LogP contribution in [0.3, 0.4) is 0 Å². The fourth-order valence-corrected chi connectivity index (χ4v) is 5.98. The van der Waals surface area contributed by atoms with E-state index in [9.17, 15) is 13.2 Å². The Morgan fingerprint density at radius 3 is 2.62 bits per heavy atom. The van der Waals surface area contributed by atoms with E-state index in [1.54, 1.807) is 36.5 Å². The van der Waals surface area contributed by atoms with E-state index in [1.807, 2.05) is 44.2 Å². The number of nitrogens with one attached hydrogen (secondary N) is 1. The zero-order valence-electron chi connectivity index (χ0n) is 18.7. The number of fused-ring (bicyclic) bond motifs is 1. The predicted octanol–water partition coefficient (Wildman–Crippen LogP) is 3.97. The molecule has 8 nitrogen and oxygen atoms in total. The molecule has 3 heterocycles. The quantitative estimate of drug-likeness (QED) is 0.473. The Kier molecular flexibility index (Phi) is 5.41. The maximum atomic E-state index is 13.6. The molecule has 0 bridgehead atoms. The summed E-state index contributed by atoms with van der Waals surface area (Å²) in [4.78, 5) is 17.4. The molecule has 4 aromatic rings. The van der Waals surface area contributed by atoms with E-state index in [0.717, 1.165) is 5.56 Å². The second kappa shape index (κ2) is 8.42. The molecule has 1 aliphatic heterocycles. The van der Waals surface area contributed by atoms with Crippen LogP contribution >= 0.6 is 0 Å². The first kappa shape index (κ1) is 21.8. The molecule has 2 aromatic heterocycles. The standard InChI is InChI=1S/C25H23N5O3S/c1-17-14-24(29(28-17)23-12-5-6-13-26-23)27-25(31)20-9-7-10-21(16-20)34(32,33)30-18(2)15-19-8-3-4-11-22(19)30/h3-14,16,18H,15H2,1-2H3,(H,27,31)/t18-/m1/s1. The van der Waals surface area contributed by atoms with E-state index >= 15 is 0 Å². The molecule has 1 amide bonds. The van der Waals surface area contributed by atoms with Crippen molar-refractivity contribution in [1.82, 2.24) is 14.8 Å². The summed E-state index contributed by atoms with van der Waals surface area (Å²) in [5.74, 6) is 0.560. The number of hydrogen-bond donors (Lipinski definition) is 1. The van der Waals surface area contributed by atoms with E-state index in [-0.39, 0.29) is 16.5 Å². The van der Waals surface area contributed by atoms with Gasteiger partial charge in [-0.2, -0.15) is 9.78 Å². The maximum Gasteiger partial charge on any atom is 0.264 e. The van der Waals surface area contributed by atoms with Gasteiger partial charge in [-0.1, -0.05) is 30.3 Å². The van der Waals surface area contributed by atoms with Gasteiger partial charge in [0.05, 0.1) is 16.3 Å². The molecule has 172 valence electrons. The van der Waals surface area contributed by atoms with Gasteiger partial charge in [-0.3, -0.25) is 9.10 Å². The summed E-state index contributed by atoms with van der Waals surface area (Å²) in [5, 5.41) is 7.24. The first-order valence-electron chi connectivity index (χ1n) is 10.9. The van der Waals surface area contributed by atoms with Crippen molar-refractivity contribution in [2.75, 3.05) is 9.62 Å². The van der Waals surface area contributed by atoms with Crippen molar-refractivity contribution in [2.24, 2.45) is 0 Å². The molecule has 0 aliphatic carbocycles. The highest BCUT2D eigenvalue weighted by Crippen LogP contribution is 2.36. The number of carbonyl (C=O) groups excluding carboxylic acids is 1. The molecule has 2 aromatic carbocycles. The van der Waals surface area contributed by atoms with Crippen LogP contribution in [0.2, 0.25) is 0 Å². The smallest absolute Gasteiger partial charge is 0.264 e. The Balaban J connectivity index is 1.45. The number of pyridine rings is 1. The van der Waals surface area contributed by atoms with Gasteiger partial charge in [-0.25, -0.2) is 13.4 Å². The van der Waals surface area contributed by atoms with Crippen molar-refractivity contribution >= 4 is 27.4 Å². The molecular formula is C25H23N5O3S. The van der Waals surface area contributed by atoms with Crippen LogP contribution in [0.25, 0.3) is 5.82 Å². The lowest BCUT2D eigenvalue weighted by molar-refractivity contribution is 0.102. The van der Waals surface area contributed by atoms with Crippen LogP contribution in [0.4, 0.5) is 11.5 Å². The molecule has 0 fully saturated rings. The fourth-order valence-electron chi connectivity index (χ4n) is 4.25. The average Bonchev–Trinajstić information content (AvgIpc) is 3.38. The zero-order valence-corrected chi connectivity index (χ0v) is 19.5. The van der Waals surface area contributed by atoms with Gasteiger partial charge in [0.2, 0.25) is 0 Å². The SMILES string of the molecule is Cc1cc(NC(=O)c2cccc(S(=O)(=O)N3c4ccccc4C[C@H]3C)c2)n(-c2ccccn2)n1. The maximum absolute atomic E-state index is 13.6. The van der Waals surface area contributed by atoms with Gasteiger partial charge in [-0.05, 0) is 62.2 Å². The molecule has 0 unspecified atom stereocenters. The lowest BCUT2D eigenvalue weighted by Crippen LogP contribution is -2.35. The average molecular weight is 474 g/mol. The first-order valence-corrected chi connectivity index (χ1v) is 12.3. The van der Waals surface area contributed by atoms with Crippen molar-refractivity contribution in [2.45, 2.75) is 31.2 Å². The van der Waals surface area contributed by atoms with Gasteiger partial charge in [0, 0.05) is 23.9 Å². The number of para-hydroxylation sites is 1. The summed E-state index contributed by atoms with van der Waals surface area (Å²) in [6.45, 7) is 3.70. The van der Waals surface area contributed by atoms with E-state index < -0.39 is 15.9 Å². The van der Waals surface area contributed by atoms with Gasteiger partial charge >= 0.3 is 0 Å². The highest BCUT2D eigenvalue weighted by molar-refractivity contribution is 7.92. The minimum atomic E-state index is -3.85. The monoisotopic (exact) mass is 473 g/mol. The summed E-state index contributed by atoms with van der Waals surface area (Å²) in [6.07, 6.45) is 2.29. The topological polar surface area (TPSA) is 97.2 Å². The number of nitrogens with zero attached hydrogens (tertiary/aromatic N) is 4. The molecule has 1 atom stereocenters. The number of carbonyl (C=O) groups is 1. The Labute approximate surface area is 197 Å². The number of aromatic nitrogens is 3. The molecule has 1 N–H and O–H groups in total. The fraction of sp³-hybridized carbons (Fsp3) is 0.160. The largest absolute Gasteiger partial charge is 0.306 e. The van der Waals surface area contributed by atoms with Crippen LogP contribution in [0.1, 0.15) is 28.5 Å². The van der Waals surface area contributed by atoms with Crippen molar-refractivity contribution in [3.05, 3.63) is 95.8 Å². The van der Waals surface area contributed by atoms with Gasteiger partial charge in [0.25, 0.3) is 15.9 Å². The van der Waals surface area contributed by atoms with Crippen molar-refractivity contribution in [1.29, 1.82) is 0 Å². The van der Waals surface area contributed by atoms with Crippen LogP contribution in [0, 0.1) is 6.92 Å². The normalized spacial score (nSPS) is 15.2. The highest BCUT2D eigenvalue weighted by Gasteiger charge is 2.36. The summed E-state index contributed by atoms with van der Waals surface area (Å²) < 4.78 is 30.1. The summed E-state index contributed by atoms with van der Waals surface area (Å²) >= 11 is 0. The molecule has 5 rings (SSSR count). The molecule has 0 spiro atoms. The van der Waals surface area contributed by atoms with Crippen LogP contribution < -0.4 is 9.62 Å². The van der Waals surface area contributed by atoms with Crippen LogP contribution in [0.15, 0.2) is 83.9 Å². The first-order chi connectivity index (χ1) is 16.3. The van der Waals surface area contributed by atoms with Gasteiger partial charge in [-0.15, -0.1) is 0 Å². The number of anilines is 2. The number of amides is 1. The second-order valence-corrected chi connectivity index (χ2v) is 10.1.